The van der Waals surface area contributed by atoms with Crippen molar-refractivity contribution in [3.63, 3.8) is 0 Å². The molecule has 1 aromatic rings. The fourth-order valence-corrected chi connectivity index (χ4v) is 4.74. The Kier molecular flexibility index (Phi) is 15.3. The number of rotatable bonds is 18. The third-order valence-electron chi connectivity index (χ3n) is 4.73. The molecule has 0 saturated heterocycles. The molecule has 3 nitrogen and oxygen atoms in total. The van der Waals surface area contributed by atoms with Crippen LogP contribution < -0.4 is 0 Å². The zero-order valence-corrected chi connectivity index (χ0v) is 19.0. The fraction of sp³-hybridized carbons (Fsp3) is 0.667. The molecule has 0 aromatic heterocycles. The first-order valence-corrected chi connectivity index (χ1v) is 13.0. The second kappa shape index (κ2) is 17.0. The molecule has 0 radical (unpaired) electrons. The summed E-state index contributed by atoms with van der Waals surface area (Å²) in [5.41, 5.74) is 1.22. The molecular formula is C24H41O3P. The van der Waals surface area contributed by atoms with Crippen molar-refractivity contribution in [3.05, 3.63) is 42.0 Å². The van der Waals surface area contributed by atoms with Crippen LogP contribution in [0.15, 0.2) is 36.4 Å². The summed E-state index contributed by atoms with van der Waals surface area (Å²) >= 11 is 0. The highest BCUT2D eigenvalue weighted by Gasteiger charge is 2.23. The summed E-state index contributed by atoms with van der Waals surface area (Å²) in [6.07, 6.45) is 16.8. The highest BCUT2D eigenvalue weighted by molar-refractivity contribution is 7.53. The molecule has 0 aliphatic carbocycles. The van der Waals surface area contributed by atoms with Crippen molar-refractivity contribution in [2.75, 3.05) is 19.4 Å². The molecule has 0 bridgehead atoms. The van der Waals surface area contributed by atoms with E-state index in [1.165, 1.54) is 31.2 Å². The van der Waals surface area contributed by atoms with E-state index in [-0.39, 0.29) is 0 Å². The largest absolute Gasteiger partial charge is 0.330 e. The van der Waals surface area contributed by atoms with Crippen molar-refractivity contribution in [1.82, 2.24) is 0 Å². The number of unbranched alkanes of at least 4 members (excludes halogenated alkanes) is 8. The second-order valence-electron chi connectivity index (χ2n) is 7.43. The van der Waals surface area contributed by atoms with Gasteiger partial charge in [-0.2, -0.15) is 0 Å². The Morgan fingerprint density at radius 1 is 0.786 bits per heavy atom. The molecule has 1 aromatic carbocycles. The maximum atomic E-state index is 13.1. The van der Waals surface area contributed by atoms with Gasteiger partial charge < -0.3 is 9.05 Å². The average molecular weight is 409 g/mol. The SMILES string of the molecule is CCCCCCOP(=O)(CCCCC=Cc1ccccc1)OCCCCCC. The molecule has 0 amide bonds. The first-order chi connectivity index (χ1) is 13.7. The minimum atomic E-state index is -2.95. The normalized spacial score (nSPS) is 12.1. The lowest BCUT2D eigenvalue weighted by atomic mass is 10.2. The molecule has 0 aliphatic heterocycles. The van der Waals surface area contributed by atoms with Gasteiger partial charge in [0.1, 0.15) is 0 Å². The maximum Gasteiger partial charge on any atom is 0.330 e. The lowest BCUT2D eigenvalue weighted by Crippen LogP contribution is -2.03. The molecule has 0 unspecified atom stereocenters. The van der Waals surface area contributed by atoms with Gasteiger partial charge in [0.15, 0.2) is 0 Å². The summed E-state index contributed by atoms with van der Waals surface area (Å²) in [5, 5.41) is 0. The van der Waals surface area contributed by atoms with Crippen LogP contribution in [0.1, 0.15) is 90.0 Å². The van der Waals surface area contributed by atoms with Gasteiger partial charge in [0.05, 0.1) is 19.4 Å². The zero-order valence-electron chi connectivity index (χ0n) is 18.1. The average Bonchev–Trinajstić information content (AvgIpc) is 2.71. The van der Waals surface area contributed by atoms with Gasteiger partial charge >= 0.3 is 7.60 Å². The molecular weight excluding hydrogens is 367 g/mol. The van der Waals surface area contributed by atoms with Crippen molar-refractivity contribution in [2.45, 2.75) is 84.5 Å². The van der Waals surface area contributed by atoms with Crippen molar-refractivity contribution in [3.8, 4) is 0 Å². The van der Waals surface area contributed by atoms with Crippen LogP contribution in [0.2, 0.25) is 0 Å². The Labute approximate surface area is 173 Å². The Morgan fingerprint density at radius 3 is 1.96 bits per heavy atom. The van der Waals surface area contributed by atoms with E-state index in [0.717, 1.165) is 44.9 Å². The van der Waals surface area contributed by atoms with Crippen LogP contribution in [-0.2, 0) is 13.6 Å². The van der Waals surface area contributed by atoms with E-state index in [4.69, 9.17) is 9.05 Å². The first kappa shape index (κ1) is 25.1. The van der Waals surface area contributed by atoms with Gasteiger partial charge in [-0.15, -0.1) is 0 Å². The van der Waals surface area contributed by atoms with Crippen molar-refractivity contribution in [1.29, 1.82) is 0 Å². The minimum absolute atomic E-state index is 0.535. The minimum Gasteiger partial charge on any atom is -0.309 e. The topological polar surface area (TPSA) is 35.5 Å². The van der Waals surface area contributed by atoms with E-state index in [1.807, 2.05) is 18.2 Å². The van der Waals surface area contributed by atoms with E-state index in [1.54, 1.807) is 0 Å². The first-order valence-electron chi connectivity index (χ1n) is 11.3. The number of hydrogen-bond donors (Lipinski definition) is 0. The summed E-state index contributed by atoms with van der Waals surface area (Å²) in [4.78, 5) is 0. The Balaban J connectivity index is 2.31. The predicted molar refractivity (Wildman–Crippen MR) is 122 cm³/mol. The molecule has 0 saturated carbocycles. The van der Waals surface area contributed by atoms with Crippen LogP contribution in [0.25, 0.3) is 6.08 Å². The van der Waals surface area contributed by atoms with Gasteiger partial charge in [0, 0.05) is 0 Å². The van der Waals surface area contributed by atoms with Gasteiger partial charge in [0.25, 0.3) is 0 Å². The smallest absolute Gasteiger partial charge is 0.309 e. The summed E-state index contributed by atoms with van der Waals surface area (Å²) in [5.74, 6) is 0. The molecule has 0 heterocycles. The highest BCUT2D eigenvalue weighted by atomic mass is 31.2. The number of hydrogen-bond acceptors (Lipinski definition) is 3. The molecule has 4 heteroatoms. The Hall–Kier alpha value is -0.890. The predicted octanol–water partition coefficient (Wildman–Crippen LogP) is 8.26. The number of benzene rings is 1. The van der Waals surface area contributed by atoms with Crippen LogP contribution >= 0.6 is 7.60 Å². The molecule has 0 fully saturated rings. The van der Waals surface area contributed by atoms with Crippen LogP contribution in [0.5, 0.6) is 0 Å². The number of allylic oxidation sites excluding steroid dienone is 1. The van der Waals surface area contributed by atoms with Gasteiger partial charge in [-0.05, 0) is 37.7 Å². The van der Waals surface area contributed by atoms with Gasteiger partial charge in [-0.1, -0.05) is 94.9 Å². The Bertz CT molecular complexity index is 524. The summed E-state index contributed by atoms with van der Waals surface area (Å²) in [6, 6.07) is 10.3. The summed E-state index contributed by atoms with van der Waals surface area (Å²) < 4.78 is 24.6. The van der Waals surface area contributed by atoms with E-state index < -0.39 is 7.60 Å². The van der Waals surface area contributed by atoms with Gasteiger partial charge in [-0.3, -0.25) is 4.57 Å². The molecule has 160 valence electrons. The van der Waals surface area contributed by atoms with Crippen LogP contribution in [-0.4, -0.2) is 19.4 Å². The lowest BCUT2D eigenvalue weighted by Gasteiger charge is -2.18. The van der Waals surface area contributed by atoms with E-state index >= 15 is 0 Å². The third-order valence-corrected chi connectivity index (χ3v) is 6.75. The second-order valence-corrected chi connectivity index (χ2v) is 9.62. The Morgan fingerprint density at radius 2 is 1.39 bits per heavy atom. The molecule has 0 N–H and O–H groups in total. The zero-order chi connectivity index (χ0) is 20.3. The molecule has 0 spiro atoms. The molecule has 0 atom stereocenters. The van der Waals surface area contributed by atoms with Crippen molar-refractivity contribution >= 4 is 13.7 Å². The molecule has 0 aliphatic rings. The van der Waals surface area contributed by atoms with Gasteiger partial charge in [0.2, 0.25) is 0 Å². The van der Waals surface area contributed by atoms with Crippen LogP contribution in [0.3, 0.4) is 0 Å². The quantitative estimate of drug-likeness (QED) is 0.181. The van der Waals surface area contributed by atoms with Crippen molar-refractivity contribution in [2.24, 2.45) is 0 Å². The van der Waals surface area contributed by atoms with E-state index in [9.17, 15) is 4.57 Å². The van der Waals surface area contributed by atoms with Crippen LogP contribution in [0, 0.1) is 0 Å². The van der Waals surface area contributed by atoms with E-state index in [2.05, 4.69) is 38.1 Å². The lowest BCUT2D eigenvalue weighted by molar-refractivity contribution is 0.197. The standard InChI is InChI=1S/C24H41O3P/c1-3-5-7-15-21-26-28(25,27-22-16-8-6-4-2)23-17-10-9-12-18-24-19-13-11-14-20-24/h11-14,18-20H,3-10,15-17,21-23H2,1-2H3. The van der Waals surface area contributed by atoms with Crippen LogP contribution in [0.4, 0.5) is 0 Å². The van der Waals surface area contributed by atoms with Gasteiger partial charge in [-0.25, -0.2) is 0 Å². The third kappa shape index (κ3) is 13.3. The molecule has 1 rings (SSSR count). The fourth-order valence-electron chi connectivity index (χ4n) is 2.98. The van der Waals surface area contributed by atoms with E-state index in [0.29, 0.717) is 19.4 Å². The highest BCUT2D eigenvalue weighted by Crippen LogP contribution is 2.49. The summed E-state index contributed by atoms with van der Waals surface area (Å²) in [6.45, 7) is 5.50. The summed E-state index contributed by atoms with van der Waals surface area (Å²) in [7, 11) is -2.95. The van der Waals surface area contributed by atoms with Crippen molar-refractivity contribution < 1.29 is 13.6 Å². The molecule has 28 heavy (non-hydrogen) atoms. The monoisotopic (exact) mass is 408 g/mol. The maximum absolute atomic E-state index is 13.1.